The van der Waals surface area contributed by atoms with E-state index in [1.54, 1.807) is 24.9 Å². The quantitative estimate of drug-likeness (QED) is 0.324. The van der Waals surface area contributed by atoms with Crippen molar-refractivity contribution < 1.29 is 9.47 Å². The number of imidazole rings is 1. The SMILES string of the molecule is COc1ccc(/C=N\Nc2nc3c(c(=O)[nH]c(=O)n3C)n2CCOc2ccccc2)cc1. The molecule has 10 nitrogen and oxygen atoms in total. The lowest BCUT2D eigenvalue weighted by molar-refractivity contribution is 0.301. The van der Waals surface area contributed by atoms with Gasteiger partial charge in [-0.25, -0.2) is 10.2 Å². The predicted molar refractivity (Wildman–Crippen MR) is 122 cm³/mol. The minimum atomic E-state index is -0.541. The van der Waals surface area contributed by atoms with E-state index in [4.69, 9.17) is 9.47 Å². The van der Waals surface area contributed by atoms with Crippen molar-refractivity contribution in [1.29, 1.82) is 0 Å². The number of aromatic nitrogens is 4. The fraction of sp³-hybridized carbons (Fsp3) is 0.182. The van der Waals surface area contributed by atoms with E-state index in [0.29, 0.717) is 18.2 Å². The zero-order valence-corrected chi connectivity index (χ0v) is 17.6. The number of hydrazone groups is 1. The summed E-state index contributed by atoms with van der Waals surface area (Å²) in [6, 6.07) is 16.7. The van der Waals surface area contributed by atoms with E-state index in [1.165, 1.54) is 4.57 Å². The molecule has 0 aliphatic heterocycles. The maximum Gasteiger partial charge on any atom is 0.329 e. The molecule has 0 fully saturated rings. The summed E-state index contributed by atoms with van der Waals surface area (Å²) in [5, 5.41) is 4.23. The zero-order valence-electron chi connectivity index (χ0n) is 17.6. The van der Waals surface area contributed by atoms with Gasteiger partial charge in [-0.05, 0) is 42.0 Å². The highest BCUT2D eigenvalue weighted by Crippen LogP contribution is 2.16. The van der Waals surface area contributed by atoms with E-state index in [0.717, 1.165) is 11.3 Å². The lowest BCUT2D eigenvalue weighted by Gasteiger charge is -2.10. The molecule has 0 radical (unpaired) electrons. The molecule has 10 heteroatoms. The third-order valence-corrected chi connectivity index (χ3v) is 4.83. The first-order chi connectivity index (χ1) is 15.6. The Balaban J connectivity index is 1.62. The maximum absolute atomic E-state index is 12.5. The molecule has 32 heavy (non-hydrogen) atoms. The molecule has 2 N–H and O–H groups in total. The zero-order chi connectivity index (χ0) is 22.5. The second-order valence-electron chi connectivity index (χ2n) is 6.88. The van der Waals surface area contributed by atoms with Crippen molar-refractivity contribution >= 4 is 23.3 Å². The number of hydrogen-bond donors (Lipinski definition) is 2. The summed E-state index contributed by atoms with van der Waals surface area (Å²) in [4.78, 5) is 31.3. The Labute approximate surface area is 182 Å². The Kier molecular flexibility index (Phi) is 6.02. The van der Waals surface area contributed by atoms with Crippen LogP contribution < -0.4 is 26.1 Å². The van der Waals surface area contributed by atoms with Crippen molar-refractivity contribution in [2.75, 3.05) is 19.1 Å². The summed E-state index contributed by atoms with van der Waals surface area (Å²) in [6.07, 6.45) is 1.62. The predicted octanol–water partition coefficient (Wildman–Crippen LogP) is 1.96. The molecule has 0 aliphatic rings. The molecule has 2 aromatic carbocycles. The molecular formula is C22H22N6O4. The minimum Gasteiger partial charge on any atom is -0.497 e. The number of H-pyrrole nitrogens is 1. The van der Waals surface area contributed by atoms with Crippen molar-refractivity contribution in [2.24, 2.45) is 12.1 Å². The van der Waals surface area contributed by atoms with Crippen molar-refractivity contribution in [3.05, 3.63) is 81.0 Å². The topological polar surface area (TPSA) is 116 Å². The number of aryl methyl sites for hydroxylation is 1. The first-order valence-electron chi connectivity index (χ1n) is 9.87. The van der Waals surface area contributed by atoms with Gasteiger partial charge < -0.3 is 9.47 Å². The maximum atomic E-state index is 12.5. The first kappa shape index (κ1) is 20.9. The van der Waals surface area contributed by atoms with Crippen LogP contribution in [-0.2, 0) is 13.6 Å². The summed E-state index contributed by atoms with van der Waals surface area (Å²) < 4.78 is 13.8. The molecule has 2 heterocycles. The standard InChI is InChI=1S/C22H22N6O4/c1-27-19-18(20(29)25-22(27)30)28(12-13-32-17-6-4-3-5-7-17)21(24-19)26-23-14-15-8-10-16(31-2)11-9-15/h3-11,14H,12-13H2,1-2H3,(H,24,26)(H,25,29,30)/b23-14-. The van der Waals surface area contributed by atoms with Crippen LogP contribution in [0, 0.1) is 0 Å². The minimum absolute atomic E-state index is 0.251. The first-order valence-corrected chi connectivity index (χ1v) is 9.87. The van der Waals surface area contributed by atoms with Gasteiger partial charge in [0.1, 0.15) is 18.1 Å². The van der Waals surface area contributed by atoms with Gasteiger partial charge in [-0.15, -0.1) is 0 Å². The largest absolute Gasteiger partial charge is 0.497 e. The lowest BCUT2D eigenvalue weighted by Crippen LogP contribution is -2.29. The van der Waals surface area contributed by atoms with Crippen LogP contribution in [0.2, 0.25) is 0 Å². The van der Waals surface area contributed by atoms with E-state index in [9.17, 15) is 9.59 Å². The van der Waals surface area contributed by atoms with E-state index in [2.05, 4.69) is 20.5 Å². The molecule has 164 valence electrons. The van der Waals surface area contributed by atoms with Crippen molar-refractivity contribution in [3.63, 3.8) is 0 Å². The summed E-state index contributed by atoms with van der Waals surface area (Å²) in [5.74, 6) is 1.77. The Morgan fingerprint density at radius 2 is 1.84 bits per heavy atom. The molecule has 2 aromatic heterocycles. The monoisotopic (exact) mass is 434 g/mol. The molecule has 0 spiro atoms. The molecule has 0 amide bonds. The van der Waals surface area contributed by atoms with Crippen molar-refractivity contribution in [2.45, 2.75) is 6.54 Å². The Morgan fingerprint density at radius 3 is 2.56 bits per heavy atom. The van der Waals surface area contributed by atoms with Gasteiger partial charge >= 0.3 is 5.69 Å². The van der Waals surface area contributed by atoms with E-state index in [1.807, 2.05) is 54.6 Å². The summed E-state index contributed by atoms with van der Waals surface area (Å²) in [5.41, 5.74) is 3.15. The van der Waals surface area contributed by atoms with Gasteiger partial charge in [-0.1, -0.05) is 18.2 Å². The molecule has 4 aromatic rings. The van der Waals surface area contributed by atoms with Crippen LogP contribution >= 0.6 is 0 Å². The smallest absolute Gasteiger partial charge is 0.329 e. The van der Waals surface area contributed by atoms with E-state index in [-0.39, 0.29) is 17.8 Å². The molecule has 0 saturated heterocycles. The van der Waals surface area contributed by atoms with E-state index >= 15 is 0 Å². The number of anilines is 1. The van der Waals surface area contributed by atoms with Crippen LogP contribution in [-0.4, -0.2) is 39.0 Å². The van der Waals surface area contributed by atoms with Gasteiger partial charge in [0, 0.05) is 7.05 Å². The van der Waals surface area contributed by atoms with Crippen LogP contribution in [0.5, 0.6) is 11.5 Å². The average Bonchev–Trinajstić information content (AvgIpc) is 3.18. The highest BCUT2D eigenvalue weighted by molar-refractivity contribution is 5.80. The van der Waals surface area contributed by atoms with Gasteiger partial charge in [0.15, 0.2) is 11.2 Å². The van der Waals surface area contributed by atoms with Crippen LogP contribution in [0.1, 0.15) is 5.56 Å². The number of para-hydroxylation sites is 1. The number of benzene rings is 2. The van der Waals surface area contributed by atoms with E-state index < -0.39 is 11.2 Å². The average molecular weight is 434 g/mol. The number of nitrogens with zero attached hydrogens (tertiary/aromatic N) is 4. The number of aromatic amines is 1. The van der Waals surface area contributed by atoms with Gasteiger partial charge in [-0.3, -0.25) is 18.9 Å². The molecule has 0 atom stereocenters. The third-order valence-electron chi connectivity index (χ3n) is 4.83. The number of nitrogens with one attached hydrogen (secondary N) is 2. The molecule has 0 saturated carbocycles. The van der Waals surface area contributed by atoms with Crippen LogP contribution in [0.4, 0.5) is 5.95 Å². The normalized spacial score (nSPS) is 11.2. The van der Waals surface area contributed by atoms with Gasteiger partial charge in [0.2, 0.25) is 5.95 Å². The lowest BCUT2D eigenvalue weighted by atomic mass is 10.2. The van der Waals surface area contributed by atoms with Crippen LogP contribution in [0.15, 0.2) is 69.3 Å². The summed E-state index contributed by atoms with van der Waals surface area (Å²) in [7, 11) is 3.15. The van der Waals surface area contributed by atoms with Gasteiger partial charge in [0.05, 0.1) is 19.9 Å². The fourth-order valence-corrected chi connectivity index (χ4v) is 3.16. The number of methoxy groups -OCH3 is 1. The highest BCUT2D eigenvalue weighted by Gasteiger charge is 2.17. The molecular weight excluding hydrogens is 412 g/mol. The van der Waals surface area contributed by atoms with Crippen LogP contribution in [0.3, 0.4) is 0 Å². The number of fused-ring (bicyclic) bond motifs is 1. The Hall–Kier alpha value is -4.34. The van der Waals surface area contributed by atoms with Crippen molar-refractivity contribution in [3.8, 4) is 11.5 Å². The number of rotatable bonds is 8. The molecule has 0 unspecified atom stereocenters. The highest BCUT2D eigenvalue weighted by atomic mass is 16.5. The molecule has 4 rings (SSSR count). The Morgan fingerprint density at radius 1 is 1.09 bits per heavy atom. The van der Waals surface area contributed by atoms with Crippen molar-refractivity contribution in [1.82, 2.24) is 19.1 Å². The number of ether oxygens (including phenoxy) is 2. The summed E-state index contributed by atoms with van der Waals surface area (Å²) in [6.45, 7) is 0.599. The summed E-state index contributed by atoms with van der Waals surface area (Å²) >= 11 is 0. The van der Waals surface area contributed by atoms with Gasteiger partial charge in [-0.2, -0.15) is 10.1 Å². The van der Waals surface area contributed by atoms with Gasteiger partial charge in [0.25, 0.3) is 5.56 Å². The molecule has 0 bridgehead atoms. The molecule has 0 aliphatic carbocycles. The second-order valence-corrected chi connectivity index (χ2v) is 6.88. The second kappa shape index (κ2) is 9.21. The number of hydrogen-bond acceptors (Lipinski definition) is 7. The van der Waals surface area contributed by atoms with Crippen LogP contribution in [0.25, 0.3) is 11.2 Å². The fourth-order valence-electron chi connectivity index (χ4n) is 3.16. The Bertz CT molecular complexity index is 1350. The third kappa shape index (κ3) is 4.38.